The first-order valence-electron chi connectivity index (χ1n) is 6.31. The number of aromatic nitrogens is 2. The van der Waals surface area contributed by atoms with Crippen molar-refractivity contribution in [2.24, 2.45) is 0 Å². The summed E-state index contributed by atoms with van der Waals surface area (Å²) in [4.78, 5) is 6.30. The normalized spacial score (nSPS) is 15.3. The Bertz CT molecular complexity index is 593. The molecule has 1 aromatic carbocycles. The van der Waals surface area contributed by atoms with Gasteiger partial charge < -0.3 is 24.0 Å². The van der Waals surface area contributed by atoms with Crippen LogP contribution in [0, 0.1) is 0 Å². The number of benzene rings is 1. The van der Waals surface area contributed by atoms with Crippen LogP contribution in [0.2, 0.25) is 0 Å². The van der Waals surface area contributed by atoms with Gasteiger partial charge in [-0.05, 0) is 17.3 Å². The Hall–Kier alpha value is -2.28. The van der Waals surface area contributed by atoms with E-state index in [9.17, 15) is 5.11 Å². The predicted octanol–water partition coefficient (Wildman–Crippen LogP) is 1.29. The third kappa shape index (κ3) is 2.39. The van der Waals surface area contributed by atoms with Gasteiger partial charge in [-0.3, -0.25) is 0 Å². The van der Waals surface area contributed by atoms with Gasteiger partial charge in [0.25, 0.3) is 11.8 Å². The van der Waals surface area contributed by atoms with Gasteiger partial charge in [-0.25, -0.2) is 0 Å². The standard InChI is InChI=1S/C13H15N3O4/c1-18-9-2-3-10(11(17)8-9)12-14-13(15-20-12)16-4-6-19-7-5-16/h2-3,8,17H,4-7H2,1H3. The summed E-state index contributed by atoms with van der Waals surface area (Å²) in [7, 11) is 1.54. The lowest BCUT2D eigenvalue weighted by molar-refractivity contribution is 0.121. The Labute approximate surface area is 115 Å². The summed E-state index contributed by atoms with van der Waals surface area (Å²) in [6.45, 7) is 2.76. The molecule has 2 heterocycles. The van der Waals surface area contributed by atoms with Crippen LogP contribution in [-0.2, 0) is 4.74 Å². The fourth-order valence-electron chi connectivity index (χ4n) is 2.04. The number of phenols is 1. The lowest BCUT2D eigenvalue weighted by Crippen LogP contribution is -2.36. The highest BCUT2D eigenvalue weighted by atomic mass is 16.5. The summed E-state index contributed by atoms with van der Waals surface area (Å²) >= 11 is 0. The number of phenolic OH excluding ortho intramolecular Hbond substituents is 1. The third-order valence-electron chi connectivity index (χ3n) is 3.14. The number of anilines is 1. The summed E-state index contributed by atoms with van der Waals surface area (Å²) in [5, 5.41) is 13.9. The average molecular weight is 277 g/mol. The molecule has 0 saturated carbocycles. The lowest BCUT2D eigenvalue weighted by Gasteiger charge is -2.24. The Balaban J connectivity index is 1.85. The van der Waals surface area contributed by atoms with Crippen molar-refractivity contribution in [2.45, 2.75) is 0 Å². The smallest absolute Gasteiger partial charge is 0.266 e. The first kappa shape index (κ1) is 12.7. The molecule has 1 aliphatic rings. The molecule has 0 amide bonds. The number of aromatic hydroxyl groups is 1. The number of hydrogen-bond donors (Lipinski definition) is 1. The van der Waals surface area contributed by atoms with Gasteiger partial charge >= 0.3 is 0 Å². The number of rotatable bonds is 3. The van der Waals surface area contributed by atoms with Crippen LogP contribution in [0.1, 0.15) is 0 Å². The van der Waals surface area contributed by atoms with Crippen molar-refractivity contribution in [1.82, 2.24) is 10.1 Å². The summed E-state index contributed by atoms with van der Waals surface area (Å²) in [6.07, 6.45) is 0. The molecule has 2 aromatic rings. The molecular formula is C13H15N3O4. The summed E-state index contributed by atoms with van der Waals surface area (Å²) in [5.74, 6) is 1.41. The molecule has 1 aliphatic heterocycles. The average Bonchev–Trinajstić information content (AvgIpc) is 2.97. The van der Waals surface area contributed by atoms with Gasteiger partial charge in [0.1, 0.15) is 11.5 Å². The van der Waals surface area contributed by atoms with Crippen LogP contribution in [0.25, 0.3) is 11.5 Å². The number of morpholine rings is 1. The molecule has 1 aromatic heterocycles. The zero-order valence-electron chi connectivity index (χ0n) is 11.1. The molecule has 0 unspecified atom stereocenters. The minimum Gasteiger partial charge on any atom is -0.507 e. The Morgan fingerprint density at radius 1 is 1.30 bits per heavy atom. The molecule has 1 N–H and O–H groups in total. The van der Waals surface area contributed by atoms with E-state index in [2.05, 4.69) is 10.1 Å². The first-order chi connectivity index (χ1) is 9.78. The van der Waals surface area contributed by atoms with Crippen molar-refractivity contribution in [2.75, 3.05) is 38.3 Å². The number of nitrogens with zero attached hydrogens (tertiary/aromatic N) is 3. The van der Waals surface area contributed by atoms with E-state index in [0.717, 1.165) is 13.1 Å². The van der Waals surface area contributed by atoms with E-state index in [1.807, 2.05) is 4.90 Å². The lowest BCUT2D eigenvalue weighted by atomic mass is 10.2. The maximum atomic E-state index is 9.95. The fourth-order valence-corrected chi connectivity index (χ4v) is 2.04. The van der Waals surface area contributed by atoms with Crippen LogP contribution < -0.4 is 9.64 Å². The third-order valence-corrected chi connectivity index (χ3v) is 3.14. The van der Waals surface area contributed by atoms with Crippen molar-refractivity contribution in [1.29, 1.82) is 0 Å². The zero-order valence-corrected chi connectivity index (χ0v) is 11.1. The highest BCUT2D eigenvalue weighted by molar-refractivity contribution is 5.64. The topological polar surface area (TPSA) is 80.9 Å². The second-order valence-corrected chi connectivity index (χ2v) is 4.38. The minimum absolute atomic E-state index is 0.0431. The van der Waals surface area contributed by atoms with Crippen molar-refractivity contribution in [3.05, 3.63) is 18.2 Å². The molecule has 0 radical (unpaired) electrons. The van der Waals surface area contributed by atoms with Crippen LogP contribution in [0.5, 0.6) is 11.5 Å². The summed E-state index contributed by atoms with van der Waals surface area (Å²) < 4.78 is 15.5. The maximum Gasteiger partial charge on any atom is 0.266 e. The second-order valence-electron chi connectivity index (χ2n) is 4.38. The fraction of sp³-hybridized carbons (Fsp3) is 0.385. The number of methoxy groups -OCH3 is 1. The van der Waals surface area contributed by atoms with E-state index in [-0.39, 0.29) is 11.6 Å². The van der Waals surface area contributed by atoms with Crippen LogP contribution >= 0.6 is 0 Å². The van der Waals surface area contributed by atoms with Gasteiger partial charge in [0.05, 0.1) is 25.9 Å². The SMILES string of the molecule is COc1ccc(-c2nc(N3CCOCC3)no2)c(O)c1. The van der Waals surface area contributed by atoms with Gasteiger partial charge in [0, 0.05) is 19.2 Å². The van der Waals surface area contributed by atoms with Crippen LogP contribution in [-0.4, -0.2) is 48.7 Å². The van der Waals surface area contributed by atoms with Gasteiger partial charge in [-0.15, -0.1) is 0 Å². The maximum absolute atomic E-state index is 9.95. The zero-order chi connectivity index (χ0) is 13.9. The molecule has 0 bridgehead atoms. The Morgan fingerprint density at radius 2 is 2.10 bits per heavy atom. The largest absolute Gasteiger partial charge is 0.507 e. The molecule has 7 nitrogen and oxygen atoms in total. The second kappa shape index (κ2) is 5.38. The van der Waals surface area contributed by atoms with Crippen molar-refractivity contribution in [3.8, 4) is 23.0 Å². The van der Waals surface area contributed by atoms with Gasteiger partial charge in [0.2, 0.25) is 0 Å². The van der Waals surface area contributed by atoms with Gasteiger partial charge in [-0.1, -0.05) is 0 Å². The van der Waals surface area contributed by atoms with Gasteiger partial charge in [-0.2, -0.15) is 4.98 Å². The molecule has 1 fully saturated rings. The molecule has 1 saturated heterocycles. The first-order valence-corrected chi connectivity index (χ1v) is 6.31. The van der Waals surface area contributed by atoms with Crippen LogP contribution in [0.15, 0.2) is 22.7 Å². The summed E-state index contributed by atoms with van der Waals surface area (Å²) in [5.41, 5.74) is 0.484. The molecule has 0 aliphatic carbocycles. The Morgan fingerprint density at radius 3 is 2.80 bits per heavy atom. The molecule has 106 valence electrons. The molecule has 0 spiro atoms. The van der Waals surface area contributed by atoms with Gasteiger partial charge in [0.15, 0.2) is 0 Å². The number of hydrogen-bond acceptors (Lipinski definition) is 7. The molecule has 20 heavy (non-hydrogen) atoms. The highest BCUT2D eigenvalue weighted by Crippen LogP contribution is 2.32. The predicted molar refractivity (Wildman–Crippen MR) is 71.0 cm³/mol. The van der Waals surface area contributed by atoms with Crippen LogP contribution in [0.4, 0.5) is 5.95 Å². The molecular weight excluding hydrogens is 262 g/mol. The number of ether oxygens (including phenoxy) is 2. The van der Waals surface area contributed by atoms with E-state index < -0.39 is 0 Å². The Kier molecular flexibility index (Phi) is 3.42. The highest BCUT2D eigenvalue weighted by Gasteiger charge is 2.19. The molecule has 7 heteroatoms. The monoisotopic (exact) mass is 277 g/mol. The van der Waals surface area contributed by atoms with E-state index in [0.29, 0.717) is 30.5 Å². The minimum atomic E-state index is 0.0431. The van der Waals surface area contributed by atoms with E-state index in [1.165, 1.54) is 13.2 Å². The molecule has 3 rings (SSSR count). The van der Waals surface area contributed by atoms with Crippen molar-refractivity contribution < 1.29 is 19.1 Å². The van der Waals surface area contributed by atoms with E-state index in [4.69, 9.17) is 14.0 Å². The molecule has 0 atom stereocenters. The quantitative estimate of drug-likeness (QED) is 0.905. The van der Waals surface area contributed by atoms with E-state index >= 15 is 0 Å². The van der Waals surface area contributed by atoms with Crippen molar-refractivity contribution >= 4 is 5.95 Å². The van der Waals surface area contributed by atoms with Crippen molar-refractivity contribution in [3.63, 3.8) is 0 Å². The van der Waals surface area contributed by atoms with E-state index in [1.54, 1.807) is 12.1 Å². The van der Waals surface area contributed by atoms with Crippen LogP contribution in [0.3, 0.4) is 0 Å². The summed E-state index contributed by atoms with van der Waals surface area (Å²) in [6, 6.07) is 4.92.